The van der Waals surface area contributed by atoms with Gasteiger partial charge < -0.3 is 10.8 Å². The molecule has 0 aliphatic carbocycles. The van der Waals surface area contributed by atoms with Gasteiger partial charge >= 0.3 is 0 Å². The molecule has 1 aromatic rings. The van der Waals surface area contributed by atoms with Crippen molar-refractivity contribution in [1.29, 1.82) is 0 Å². The highest BCUT2D eigenvalue weighted by Crippen LogP contribution is 2.28. The fourth-order valence-corrected chi connectivity index (χ4v) is 2.19. The van der Waals surface area contributed by atoms with Gasteiger partial charge in [-0.15, -0.1) is 0 Å². The molecule has 0 bridgehead atoms. The lowest BCUT2D eigenvalue weighted by molar-refractivity contribution is 0.0860. The molecule has 2 atom stereocenters. The summed E-state index contributed by atoms with van der Waals surface area (Å²) in [5, 5.41) is 10.3. The monoisotopic (exact) mass is 221 g/mol. The number of aliphatic hydroxyl groups is 1. The average Bonchev–Trinajstić information content (AvgIpc) is 2.16. The summed E-state index contributed by atoms with van der Waals surface area (Å²) in [5.74, 6) is 0.516. The van der Waals surface area contributed by atoms with Crippen LogP contribution < -0.4 is 5.73 Å². The van der Waals surface area contributed by atoms with Gasteiger partial charge in [0, 0.05) is 5.92 Å². The number of benzene rings is 1. The molecule has 16 heavy (non-hydrogen) atoms. The average molecular weight is 221 g/mol. The molecular formula is C14H23NO. The third kappa shape index (κ3) is 3.06. The molecule has 2 heteroatoms. The first-order valence-electron chi connectivity index (χ1n) is 5.92. The van der Waals surface area contributed by atoms with Crippen molar-refractivity contribution in [2.75, 3.05) is 6.54 Å². The van der Waals surface area contributed by atoms with Crippen LogP contribution in [0, 0.1) is 25.7 Å². The van der Waals surface area contributed by atoms with Gasteiger partial charge in [0.25, 0.3) is 0 Å². The van der Waals surface area contributed by atoms with Gasteiger partial charge in [0.15, 0.2) is 0 Å². The van der Waals surface area contributed by atoms with Crippen LogP contribution in [0.1, 0.15) is 36.6 Å². The van der Waals surface area contributed by atoms with E-state index in [9.17, 15) is 5.11 Å². The third-order valence-corrected chi connectivity index (χ3v) is 3.12. The number of hydrogen-bond donors (Lipinski definition) is 2. The minimum absolute atomic E-state index is 0.126. The van der Waals surface area contributed by atoms with Crippen molar-refractivity contribution in [3.8, 4) is 0 Å². The van der Waals surface area contributed by atoms with Crippen LogP contribution >= 0.6 is 0 Å². The molecule has 0 aliphatic heterocycles. The van der Waals surface area contributed by atoms with Crippen LogP contribution in [0.15, 0.2) is 18.2 Å². The van der Waals surface area contributed by atoms with E-state index in [1.807, 2.05) is 12.1 Å². The second-order valence-corrected chi connectivity index (χ2v) is 5.01. The van der Waals surface area contributed by atoms with Gasteiger partial charge in [-0.2, -0.15) is 0 Å². The summed E-state index contributed by atoms with van der Waals surface area (Å²) in [5.41, 5.74) is 9.09. The molecule has 0 saturated carbocycles. The Labute approximate surface area is 98.5 Å². The Hall–Kier alpha value is -0.860. The normalized spacial score (nSPS) is 15.2. The van der Waals surface area contributed by atoms with Crippen molar-refractivity contribution in [2.45, 2.75) is 33.8 Å². The Balaban J connectivity index is 2.98. The van der Waals surface area contributed by atoms with Crippen molar-refractivity contribution >= 4 is 0 Å². The lowest BCUT2D eigenvalue weighted by Crippen LogP contribution is -2.26. The topological polar surface area (TPSA) is 46.2 Å². The number of hydrogen-bond acceptors (Lipinski definition) is 2. The second-order valence-electron chi connectivity index (χ2n) is 5.01. The minimum Gasteiger partial charge on any atom is -0.388 e. The Morgan fingerprint density at radius 2 is 1.62 bits per heavy atom. The van der Waals surface area contributed by atoms with Crippen molar-refractivity contribution < 1.29 is 5.11 Å². The molecule has 0 aromatic heterocycles. The number of rotatable bonds is 4. The second kappa shape index (κ2) is 5.46. The lowest BCUT2D eigenvalue weighted by Gasteiger charge is -2.25. The van der Waals surface area contributed by atoms with Crippen molar-refractivity contribution in [3.63, 3.8) is 0 Å². The van der Waals surface area contributed by atoms with Crippen molar-refractivity contribution in [1.82, 2.24) is 0 Å². The first kappa shape index (κ1) is 13.2. The highest BCUT2D eigenvalue weighted by Gasteiger charge is 2.22. The van der Waals surface area contributed by atoms with Gasteiger partial charge in [-0.25, -0.2) is 0 Å². The molecule has 0 heterocycles. The molecule has 0 saturated heterocycles. The summed E-state index contributed by atoms with van der Waals surface area (Å²) >= 11 is 0. The molecule has 0 fully saturated rings. The molecule has 0 spiro atoms. The number of nitrogens with two attached hydrogens (primary N) is 1. The fraction of sp³-hybridized carbons (Fsp3) is 0.571. The predicted molar refractivity (Wildman–Crippen MR) is 68.3 cm³/mol. The smallest absolute Gasteiger partial charge is 0.0832 e. The fourth-order valence-electron chi connectivity index (χ4n) is 2.19. The van der Waals surface area contributed by atoms with E-state index in [0.717, 1.165) is 5.56 Å². The van der Waals surface area contributed by atoms with E-state index in [2.05, 4.69) is 33.8 Å². The summed E-state index contributed by atoms with van der Waals surface area (Å²) in [4.78, 5) is 0. The van der Waals surface area contributed by atoms with Crippen LogP contribution in [0.5, 0.6) is 0 Å². The Bertz CT molecular complexity index is 326. The molecule has 0 radical (unpaired) electrons. The maximum absolute atomic E-state index is 10.3. The SMILES string of the molecule is Cc1cc(C)cc(C(O)C(CN)C(C)C)c1. The quantitative estimate of drug-likeness (QED) is 0.821. The van der Waals surface area contributed by atoms with Gasteiger partial charge in [-0.1, -0.05) is 43.2 Å². The van der Waals surface area contributed by atoms with Crippen LogP contribution in [0.25, 0.3) is 0 Å². The molecule has 1 aromatic carbocycles. The zero-order chi connectivity index (χ0) is 12.3. The molecule has 3 N–H and O–H groups in total. The van der Waals surface area contributed by atoms with E-state index in [4.69, 9.17) is 5.73 Å². The van der Waals surface area contributed by atoms with Crippen LogP contribution in [-0.2, 0) is 0 Å². The maximum Gasteiger partial charge on any atom is 0.0832 e. The van der Waals surface area contributed by atoms with Crippen LogP contribution in [0.3, 0.4) is 0 Å². The zero-order valence-corrected chi connectivity index (χ0v) is 10.7. The van der Waals surface area contributed by atoms with Crippen molar-refractivity contribution in [3.05, 3.63) is 34.9 Å². The molecular weight excluding hydrogens is 198 g/mol. The van der Waals surface area contributed by atoms with Gasteiger partial charge in [0.1, 0.15) is 0 Å². The van der Waals surface area contributed by atoms with E-state index in [0.29, 0.717) is 12.5 Å². The zero-order valence-electron chi connectivity index (χ0n) is 10.7. The Morgan fingerprint density at radius 3 is 2.00 bits per heavy atom. The van der Waals surface area contributed by atoms with E-state index < -0.39 is 6.10 Å². The van der Waals surface area contributed by atoms with E-state index in [1.165, 1.54) is 11.1 Å². The van der Waals surface area contributed by atoms with E-state index in [-0.39, 0.29) is 5.92 Å². The highest BCUT2D eigenvalue weighted by molar-refractivity contribution is 5.30. The van der Waals surface area contributed by atoms with Crippen LogP contribution in [0.2, 0.25) is 0 Å². The third-order valence-electron chi connectivity index (χ3n) is 3.12. The molecule has 2 unspecified atom stereocenters. The first-order valence-corrected chi connectivity index (χ1v) is 5.92. The van der Waals surface area contributed by atoms with Crippen molar-refractivity contribution in [2.24, 2.45) is 17.6 Å². The van der Waals surface area contributed by atoms with Gasteiger partial charge in [0.2, 0.25) is 0 Å². The molecule has 0 amide bonds. The molecule has 2 nitrogen and oxygen atoms in total. The van der Waals surface area contributed by atoms with Crippen LogP contribution in [-0.4, -0.2) is 11.7 Å². The van der Waals surface area contributed by atoms with E-state index >= 15 is 0 Å². The standard InChI is InChI=1S/C14H23NO/c1-9(2)13(8-15)14(16)12-6-10(3)5-11(4)7-12/h5-7,9,13-14,16H,8,15H2,1-4H3. The summed E-state index contributed by atoms with van der Waals surface area (Å²) in [6.45, 7) is 8.82. The Kier molecular flexibility index (Phi) is 4.51. The summed E-state index contributed by atoms with van der Waals surface area (Å²) < 4.78 is 0. The Morgan fingerprint density at radius 1 is 1.12 bits per heavy atom. The lowest BCUT2D eigenvalue weighted by atomic mass is 9.86. The van der Waals surface area contributed by atoms with Gasteiger partial charge in [0.05, 0.1) is 6.10 Å². The summed E-state index contributed by atoms with van der Waals surface area (Å²) in [7, 11) is 0. The largest absolute Gasteiger partial charge is 0.388 e. The van der Waals surface area contributed by atoms with Gasteiger partial charge in [-0.05, 0) is 31.9 Å². The first-order chi connectivity index (χ1) is 7.45. The van der Waals surface area contributed by atoms with E-state index in [1.54, 1.807) is 0 Å². The summed E-state index contributed by atoms with van der Waals surface area (Å²) in [6.07, 6.45) is -0.455. The van der Waals surface area contributed by atoms with Gasteiger partial charge in [-0.3, -0.25) is 0 Å². The molecule has 0 aliphatic rings. The highest BCUT2D eigenvalue weighted by atomic mass is 16.3. The summed E-state index contributed by atoms with van der Waals surface area (Å²) in [6, 6.07) is 6.20. The maximum atomic E-state index is 10.3. The number of aliphatic hydroxyl groups excluding tert-OH is 1. The minimum atomic E-state index is -0.455. The predicted octanol–water partition coefficient (Wildman–Crippen LogP) is 2.57. The number of aryl methyl sites for hydroxylation is 2. The molecule has 90 valence electrons. The van der Waals surface area contributed by atoms with Crippen LogP contribution in [0.4, 0.5) is 0 Å². The molecule has 1 rings (SSSR count).